The zero-order chi connectivity index (χ0) is 39.7. The second-order valence-corrected chi connectivity index (χ2v) is 13.7. The number of benzene rings is 3. The number of aryl methyl sites for hydroxylation is 3. The van der Waals surface area contributed by atoms with Crippen LogP contribution in [0.1, 0.15) is 5.56 Å². The number of hydrogen-bond acceptors (Lipinski definition) is 15. The molecule has 0 unspecified atom stereocenters. The Hall–Kier alpha value is -8.35. The lowest BCUT2D eigenvalue weighted by atomic mass is 10.0. The first-order chi connectivity index (χ1) is 28.2. The lowest BCUT2D eigenvalue weighted by molar-refractivity contribution is 0.404. The number of nitrogens with one attached hydrogen (secondary N) is 2. The van der Waals surface area contributed by atoms with E-state index < -0.39 is 0 Å². The van der Waals surface area contributed by atoms with Crippen molar-refractivity contribution in [3.63, 3.8) is 0 Å². The van der Waals surface area contributed by atoms with Crippen molar-refractivity contribution < 1.29 is 10.2 Å². The maximum absolute atomic E-state index is 10.2. The Morgan fingerprint density at radius 3 is 1.88 bits per heavy atom. The molecule has 0 radical (unpaired) electrons. The number of aromatic amines is 1. The molecule has 0 atom stereocenters. The fourth-order valence-electron chi connectivity index (χ4n) is 7.39. The maximum Gasteiger partial charge on any atom is 0.165 e. The van der Waals surface area contributed by atoms with Crippen molar-refractivity contribution in [2.45, 2.75) is 19.6 Å². The minimum atomic E-state index is -0.263. The fourth-order valence-corrected chi connectivity index (χ4v) is 7.39. The van der Waals surface area contributed by atoms with E-state index in [2.05, 4.69) is 51.4 Å². The second-order valence-electron chi connectivity index (χ2n) is 13.7. The van der Waals surface area contributed by atoms with Crippen LogP contribution in [0.15, 0.2) is 85.8 Å². The van der Waals surface area contributed by atoms with Crippen LogP contribution in [0.4, 0.5) is 23.1 Å². The number of hydrogen-bond donors (Lipinski definition) is 7. The Bertz CT molecular complexity index is 3220. The van der Waals surface area contributed by atoms with E-state index in [0.29, 0.717) is 87.0 Å². The van der Waals surface area contributed by atoms with Crippen LogP contribution in [0.25, 0.3) is 77.8 Å². The van der Waals surface area contributed by atoms with Crippen LogP contribution in [0.3, 0.4) is 0 Å². The average molecular weight is 772 g/mol. The second kappa shape index (κ2) is 13.2. The molecule has 0 bridgehead atoms. The zero-order valence-electron chi connectivity index (χ0n) is 30.7. The number of aromatic nitrogens is 13. The molecule has 286 valence electrons. The fraction of sp³-hybridized carbons (Fsp3) is 0.103. The summed E-state index contributed by atoms with van der Waals surface area (Å²) in [6, 6.07) is 18.4. The molecular weight excluding hydrogens is 739 g/mol. The summed E-state index contributed by atoms with van der Waals surface area (Å²) in [5.74, 6) is 0.475. The van der Waals surface area contributed by atoms with Crippen molar-refractivity contribution >= 4 is 67.1 Å². The van der Waals surface area contributed by atoms with Gasteiger partial charge in [-0.2, -0.15) is 15.3 Å². The van der Waals surface area contributed by atoms with Crippen molar-refractivity contribution in [1.29, 1.82) is 0 Å². The smallest absolute Gasteiger partial charge is 0.165 e. The van der Waals surface area contributed by atoms with Crippen molar-refractivity contribution in [2.24, 2.45) is 7.05 Å². The number of fused-ring (bicyclic) bond motifs is 4. The summed E-state index contributed by atoms with van der Waals surface area (Å²) in [7, 11) is 1.83. The van der Waals surface area contributed by atoms with Gasteiger partial charge in [-0.15, -0.1) is 0 Å². The number of nitrogens with zero attached hydrogens (tertiary/aromatic N) is 12. The summed E-state index contributed by atoms with van der Waals surface area (Å²) in [6.45, 7) is 0.789. The highest BCUT2D eigenvalue weighted by Crippen LogP contribution is 2.36. The number of phenols is 2. The van der Waals surface area contributed by atoms with Crippen LogP contribution in [0, 0.1) is 0 Å². The van der Waals surface area contributed by atoms with Gasteiger partial charge in [0.1, 0.15) is 60.2 Å². The number of phenolic OH excluding ortho intramolecular Hbond substituents is 2. The number of anilines is 4. The average Bonchev–Trinajstić information content (AvgIpc) is 4.01. The number of nitrogens with two attached hydrogens (primary N) is 3. The summed E-state index contributed by atoms with van der Waals surface area (Å²) >= 11 is 0. The van der Waals surface area contributed by atoms with E-state index in [1.165, 1.54) is 31.1 Å². The van der Waals surface area contributed by atoms with Gasteiger partial charge in [-0.3, -0.25) is 0 Å². The normalized spacial score (nSPS) is 11.7. The molecule has 10 rings (SSSR count). The van der Waals surface area contributed by atoms with E-state index in [1.807, 2.05) is 49.6 Å². The number of aromatic hydroxyl groups is 2. The third-order valence-electron chi connectivity index (χ3n) is 10.2. The first-order valence-electron chi connectivity index (χ1n) is 18.1. The monoisotopic (exact) mass is 771 g/mol. The van der Waals surface area contributed by atoms with E-state index in [0.717, 1.165) is 33.3 Å². The minimum Gasteiger partial charge on any atom is -0.504 e. The molecule has 0 saturated carbocycles. The predicted molar refractivity (Wildman–Crippen MR) is 219 cm³/mol. The van der Waals surface area contributed by atoms with E-state index in [4.69, 9.17) is 27.4 Å². The summed E-state index contributed by atoms with van der Waals surface area (Å²) in [6.07, 6.45) is 6.86. The van der Waals surface area contributed by atoms with Crippen LogP contribution in [-0.4, -0.2) is 74.4 Å². The summed E-state index contributed by atoms with van der Waals surface area (Å²) in [5, 5.41) is 40.8. The van der Waals surface area contributed by atoms with E-state index in [9.17, 15) is 10.2 Å². The highest BCUT2D eigenvalue weighted by molar-refractivity contribution is 6.01. The Labute approximate surface area is 326 Å². The highest BCUT2D eigenvalue weighted by atomic mass is 16.3. The Morgan fingerprint density at radius 1 is 0.621 bits per heavy atom. The third kappa shape index (κ3) is 5.55. The van der Waals surface area contributed by atoms with Gasteiger partial charge in [-0.05, 0) is 48.4 Å². The largest absolute Gasteiger partial charge is 0.504 e. The SMILES string of the molecule is Cn1nc(-c2ccc(NCn3nc(-c4ccc5c(CCn6nc(-c7ccc(O)c(O)c7)c7c(N)ncnc76)c[nH]c5c4)c4c(N)ncnc43)cc2)c2c(N)ncnc21. The van der Waals surface area contributed by atoms with Gasteiger partial charge in [0, 0.05) is 53.1 Å². The molecule has 7 heterocycles. The van der Waals surface area contributed by atoms with Gasteiger partial charge in [-0.25, -0.2) is 43.9 Å². The molecule has 0 spiro atoms. The van der Waals surface area contributed by atoms with Gasteiger partial charge in [0.25, 0.3) is 0 Å². The molecule has 0 amide bonds. The zero-order valence-corrected chi connectivity index (χ0v) is 30.7. The van der Waals surface area contributed by atoms with Gasteiger partial charge < -0.3 is 37.7 Å². The molecule has 10 N–H and O–H groups in total. The molecule has 0 fully saturated rings. The van der Waals surface area contributed by atoms with Crippen LogP contribution in [-0.2, 0) is 26.7 Å². The van der Waals surface area contributed by atoms with Gasteiger partial charge in [0.2, 0.25) is 0 Å². The molecule has 0 saturated heterocycles. The van der Waals surface area contributed by atoms with Crippen molar-refractivity contribution in [3.8, 4) is 45.3 Å². The molecule has 0 aliphatic heterocycles. The van der Waals surface area contributed by atoms with Crippen LogP contribution in [0.5, 0.6) is 11.5 Å². The quantitative estimate of drug-likeness (QED) is 0.0988. The number of H-pyrrole nitrogens is 1. The third-order valence-corrected chi connectivity index (χ3v) is 10.2. The van der Waals surface area contributed by atoms with Gasteiger partial charge >= 0.3 is 0 Å². The van der Waals surface area contributed by atoms with E-state index >= 15 is 0 Å². The summed E-state index contributed by atoms with van der Waals surface area (Å²) < 4.78 is 5.24. The molecule has 19 heteroatoms. The molecule has 0 aliphatic carbocycles. The topological polar surface area (TPSA) is 277 Å². The number of rotatable bonds is 9. The van der Waals surface area contributed by atoms with Crippen LogP contribution in [0.2, 0.25) is 0 Å². The Kier molecular flexibility index (Phi) is 7.75. The molecule has 7 aromatic heterocycles. The van der Waals surface area contributed by atoms with Crippen LogP contribution < -0.4 is 22.5 Å². The molecule has 58 heavy (non-hydrogen) atoms. The molecule has 10 aromatic rings. The van der Waals surface area contributed by atoms with Crippen LogP contribution >= 0.6 is 0 Å². The minimum absolute atomic E-state index is 0.230. The van der Waals surface area contributed by atoms with Crippen molar-refractivity contribution in [1.82, 2.24) is 64.2 Å². The molecule has 3 aromatic carbocycles. The van der Waals surface area contributed by atoms with E-state index in [-0.39, 0.29) is 17.3 Å². The molecular formula is C39H33N17O2. The van der Waals surface area contributed by atoms with Gasteiger partial charge in [0.15, 0.2) is 28.4 Å². The molecule has 0 aliphatic rings. The van der Waals surface area contributed by atoms with E-state index in [1.54, 1.807) is 20.1 Å². The summed E-state index contributed by atoms with van der Waals surface area (Å²) in [4.78, 5) is 29.4. The summed E-state index contributed by atoms with van der Waals surface area (Å²) in [5.41, 5.74) is 27.7. The molecule has 19 nitrogen and oxygen atoms in total. The van der Waals surface area contributed by atoms with Crippen molar-refractivity contribution in [3.05, 3.63) is 91.4 Å². The standard InChI is InChI=1S/C39H33N17O2/c1-54-37-28(34(40)44-15-47-37)31(51-54)19-2-6-23(7-3-19)50-18-56-39-30(36(42)46-17-49-39)32(53-56)20-4-8-24-22(14-43-25(24)12-20)10-11-55-38-29(35(41)45-16-48-38)33(52-55)21-5-9-26(57)27(58)13-21/h2-9,12-17,43,50,57-58H,10-11,18H2,1H3,(H2,40,44,47)(H2,41,45,48)(H2,42,46,49). The predicted octanol–water partition coefficient (Wildman–Crippen LogP) is 4.60. The Balaban J connectivity index is 0.906. The first kappa shape index (κ1) is 34.2. The van der Waals surface area contributed by atoms with Crippen molar-refractivity contribution in [2.75, 3.05) is 22.5 Å². The lowest BCUT2D eigenvalue weighted by Crippen LogP contribution is -2.10. The van der Waals surface area contributed by atoms with Gasteiger partial charge in [-0.1, -0.05) is 24.3 Å². The Morgan fingerprint density at radius 2 is 1.19 bits per heavy atom. The number of nitrogen functional groups attached to an aromatic ring is 3. The highest BCUT2D eigenvalue weighted by Gasteiger charge is 2.21. The lowest BCUT2D eigenvalue weighted by Gasteiger charge is -2.08. The maximum atomic E-state index is 10.2. The first-order valence-corrected chi connectivity index (χ1v) is 18.1. The van der Waals surface area contributed by atoms with Gasteiger partial charge in [0.05, 0.1) is 16.2 Å².